The minimum Gasteiger partial charge on any atom is -0.496 e. The van der Waals surface area contributed by atoms with Crippen molar-refractivity contribution in [3.8, 4) is 5.75 Å². The number of rotatable bonds is 6. The van der Waals surface area contributed by atoms with Crippen molar-refractivity contribution in [1.29, 1.82) is 0 Å². The summed E-state index contributed by atoms with van der Waals surface area (Å²) in [6, 6.07) is 17.7. The van der Waals surface area contributed by atoms with E-state index in [4.69, 9.17) is 4.74 Å². The average molecular weight is 361 g/mol. The summed E-state index contributed by atoms with van der Waals surface area (Å²) in [6.45, 7) is 0.327. The molecule has 2 amide bonds. The molecular formula is C21H19N3O3. The van der Waals surface area contributed by atoms with Gasteiger partial charge in [-0.05, 0) is 42.0 Å². The lowest BCUT2D eigenvalue weighted by Crippen LogP contribution is -2.23. The highest BCUT2D eigenvalue weighted by molar-refractivity contribution is 6.04. The van der Waals surface area contributed by atoms with Crippen LogP contribution in [-0.2, 0) is 6.54 Å². The Kier molecular flexibility index (Phi) is 5.79. The van der Waals surface area contributed by atoms with E-state index in [1.165, 1.54) is 13.3 Å². The predicted octanol–water partition coefficient (Wildman–Crippen LogP) is 3.27. The zero-order valence-electron chi connectivity index (χ0n) is 14.8. The van der Waals surface area contributed by atoms with Gasteiger partial charge in [0, 0.05) is 24.6 Å². The van der Waals surface area contributed by atoms with Gasteiger partial charge in [-0.15, -0.1) is 0 Å². The molecule has 0 aliphatic rings. The Morgan fingerprint density at radius 2 is 1.85 bits per heavy atom. The Hall–Kier alpha value is -3.67. The molecule has 2 aromatic carbocycles. The summed E-state index contributed by atoms with van der Waals surface area (Å²) in [5.74, 6) is 0.0584. The number of anilines is 1. The number of nitrogens with one attached hydrogen (secondary N) is 2. The molecule has 0 unspecified atom stereocenters. The minimum atomic E-state index is -0.238. The van der Waals surface area contributed by atoms with Crippen molar-refractivity contribution >= 4 is 17.5 Å². The van der Waals surface area contributed by atoms with Crippen LogP contribution >= 0.6 is 0 Å². The van der Waals surface area contributed by atoms with Gasteiger partial charge in [-0.3, -0.25) is 14.6 Å². The normalized spacial score (nSPS) is 10.1. The first-order valence-electron chi connectivity index (χ1n) is 8.39. The zero-order chi connectivity index (χ0) is 19.1. The van der Waals surface area contributed by atoms with E-state index >= 15 is 0 Å². The van der Waals surface area contributed by atoms with Crippen LogP contribution in [0.5, 0.6) is 5.75 Å². The molecule has 1 aromatic heterocycles. The molecule has 0 saturated heterocycles. The summed E-state index contributed by atoms with van der Waals surface area (Å²) < 4.78 is 5.21. The molecule has 0 bridgehead atoms. The van der Waals surface area contributed by atoms with Crippen molar-refractivity contribution in [3.63, 3.8) is 0 Å². The summed E-state index contributed by atoms with van der Waals surface area (Å²) in [7, 11) is 1.53. The number of carbonyl (C=O) groups excluding carboxylic acids is 2. The molecular weight excluding hydrogens is 342 g/mol. The van der Waals surface area contributed by atoms with E-state index in [0.717, 1.165) is 5.56 Å². The molecule has 136 valence electrons. The van der Waals surface area contributed by atoms with Gasteiger partial charge >= 0.3 is 0 Å². The third-order valence-electron chi connectivity index (χ3n) is 3.91. The third kappa shape index (κ3) is 4.70. The van der Waals surface area contributed by atoms with Crippen molar-refractivity contribution in [2.24, 2.45) is 0 Å². The van der Waals surface area contributed by atoms with E-state index in [0.29, 0.717) is 29.1 Å². The van der Waals surface area contributed by atoms with Gasteiger partial charge in [0.2, 0.25) is 0 Å². The number of aromatic nitrogens is 1. The standard InChI is InChI=1S/C21H19N3O3/c1-27-19-10-3-2-9-18(19)21(26)23-13-15-6-4-8-17(12-15)24-20(25)16-7-5-11-22-14-16/h2-12,14H,13H2,1H3,(H,23,26)(H,24,25). The van der Waals surface area contributed by atoms with Gasteiger partial charge < -0.3 is 15.4 Å². The Labute approximate surface area is 157 Å². The molecule has 0 aliphatic heterocycles. The number of pyridine rings is 1. The summed E-state index contributed by atoms with van der Waals surface area (Å²) >= 11 is 0. The van der Waals surface area contributed by atoms with Crippen LogP contribution in [0.2, 0.25) is 0 Å². The van der Waals surface area contributed by atoms with Crippen molar-refractivity contribution in [3.05, 3.63) is 89.7 Å². The molecule has 0 radical (unpaired) electrons. The molecule has 1 heterocycles. The van der Waals surface area contributed by atoms with Gasteiger partial charge in [-0.1, -0.05) is 24.3 Å². The van der Waals surface area contributed by atoms with E-state index in [1.807, 2.05) is 24.3 Å². The Bertz CT molecular complexity index is 942. The average Bonchev–Trinajstić information content (AvgIpc) is 2.73. The second-order valence-electron chi connectivity index (χ2n) is 5.78. The van der Waals surface area contributed by atoms with E-state index in [9.17, 15) is 9.59 Å². The number of hydrogen-bond donors (Lipinski definition) is 2. The molecule has 6 heteroatoms. The fraction of sp³-hybridized carbons (Fsp3) is 0.0952. The topological polar surface area (TPSA) is 80.3 Å². The van der Waals surface area contributed by atoms with Crippen molar-refractivity contribution in [2.75, 3.05) is 12.4 Å². The highest BCUT2D eigenvalue weighted by Crippen LogP contribution is 2.17. The van der Waals surface area contributed by atoms with E-state index in [-0.39, 0.29) is 11.8 Å². The third-order valence-corrected chi connectivity index (χ3v) is 3.91. The fourth-order valence-corrected chi connectivity index (χ4v) is 2.57. The lowest BCUT2D eigenvalue weighted by atomic mass is 10.1. The SMILES string of the molecule is COc1ccccc1C(=O)NCc1cccc(NC(=O)c2cccnc2)c1. The highest BCUT2D eigenvalue weighted by Gasteiger charge is 2.11. The monoisotopic (exact) mass is 361 g/mol. The van der Waals surface area contributed by atoms with Crippen molar-refractivity contribution in [2.45, 2.75) is 6.54 Å². The number of ether oxygens (including phenoxy) is 1. The Morgan fingerprint density at radius 3 is 2.63 bits per heavy atom. The van der Waals surface area contributed by atoms with Crippen LogP contribution in [0.3, 0.4) is 0 Å². The fourth-order valence-electron chi connectivity index (χ4n) is 2.57. The second-order valence-corrected chi connectivity index (χ2v) is 5.78. The smallest absolute Gasteiger partial charge is 0.257 e. The molecule has 0 atom stereocenters. The molecule has 0 aliphatic carbocycles. The first-order chi connectivity index (χ1) is 13.2. The molecule has 0 spiro atoms. The van der Waals surface area contributed by atoms with Gasteiger partial charge in [-0.2, -0.15) is 0 Å². The quantitative estimate of drug-likeness (QED) is 0.706. The molecule has 3 rings (SSSR count). The highest BCUT2D eigenvalue weighted by atomic mass is 16.5. The maximum atomic E-state index is 12.4. The molecule has 2 N–H and O–H groups in total. The summed E-state index contributed by atoms with van der Waals surface area (Å²) in [5.41, 5.74) is 2.46. The summed E-state index contributed by atoms with van der Waals surface area (Å²) in [4.78, 5) is 28.5. The van der Waals surface area contributed by atoms with Crippen molar-refractivity contribution < 1.29 is 14.3 Å². The largest absolute Gasteiger partial charge is 0.496 e. The van der Waals surface area contributed by atoms with Crippen LogP contribution in [0.25, 0.3) is 0 Å². The number of nitrogens with zero attached hydrogens (tertiary/aromatic N) is 1. The molecule has 0 fully saturated rings. The zero-order valence-corrected chi connectivity index (χ0v) is 14.8. The molecule has 3 aromatic rings. The van der Waals surface area contributed by atoms with Crippen LogP contribution in [-0.4, -0.2) is 23.9 Å². The maximum Gasteiger partial charge on any atom is 0.257 e. The number of para-hydroxylation sites is 1. The van der Waals surface area contributed by atoms with Crippen LogP contribution in [0, 0.1) is 0 Å². The van der Waals surface area contributed by atoms with E-state index in [1.54, 1.807) is 42.6 Å². The molecule has 27 heavy (non-hydrogen) atoms. The second kappa shape index (κ2) is 8.62. The Balaban J connectivity index is 1.64. The minimum absolute atomic E-state index is 0.225. The number of amides is 2. The lowest BCUT2D eigenvalue weighted by Gasteiger charge is -2.10. The number of hydrogen-bond acceptors (Lipinski definition) is 4. The lowest BCUT2D eigenvalue weighted by molar-refractivity contribution is 0.0947. The van der Waals surface area contributed by atoms with Gasteiger partial charge in [-0.25, -0.2) is 0 Å². The van der Waals surface area contributed by atoms with Gasteiger partial charge in [0.05, 0.1) is 18.2 Å². The van der Waals surface area contributed by atoms with Gasteiger partial charge in [0.1, 0.15) is 5.75 Å². The first-order valence-corrected chi connectivity index (χ1v) is 8.39. The molecule has 0 saturated carbocycles. The van der Waals surface area contributed by atoms with Crippen LogP contribution in [0.1, 0.15) is 26.3 Å². The van der Waals surface area contributed by atoms with Crippen LogP contribution in [0.15, 0.2) is 73.1 Å². The first kappa shape index (κ1) is 18.1. The van der Waals surface area contributed by atoms with E-state index < -0.39 is 0 Å². The molecule has 6 nitrogen and oxygen atoms in total. The Morgan fingerprint density at radius 1 is 1.00 bits per heavy atom. The van der Waals surface area contributed by atoms with Crippen LogP contribution in [0.4, 0.5) is 5.69 Å². The van der Waals surface area contributed by atoms with Gasteiger partial charge in [0.15, 0.2) is 0 Å². The maximum absolute atomic E-state index is 12.4. The van der Waals surface area contributed by atoms with Crippen LogP contribution < -0.4 is 15.4 Å². The van der Waals surface area contributed by atoms with E-state index in [2.05, 4.69) is 15.6 Å². The van der Waals surface area contributed by atoms with Gasteiger partial charge in [0.25, 0.3) is 11.8 Å². The van der Waals surface area contributed by atoms with Crippen molar-refractivity contribution in [1.82, 2.24) is 10.3 Å². The summed E-state index contributed by atoms with van der Waals surface area (Å²) in [5, 5.41) is 5.69. The predicted molar refractivity (Wildman–Crippen MR) is 103 cm³/mol. The number of benzene rings is 2. The summed E-state index contributed by atoms with van der Waals surface area (Å²) in [6.07, 6.45) is 3.12. The number of carbonyl (C=O) groups is 2. The number of methoxy groups -OCH3 is 1.